The Morgan fingerprint density at radius 2 is 0.766 bits per heavy atom. The van der Waals surface area contributed by atoms with Crippen molar-refractivity contribution < 1.29 is 101 Å². The first-order chi connectivity index (χ1) is 44.2. The van der Waals surface area contributed by atoms with Crippen molar-refractivity contribution in [2.45, 2.75) is 218 Å². The first-order valence-electron chi connectivity index (χ1n) is 32.2. The average molecular weight is 1370 g/mol. The Labute approximate surface area is 576 Å². The summed E-state index contributed by atoms with van der Waals surface area (Å²) >= 11 is 2.90. The second kappa shape index (κ2) is 46.1. The SMILES string of the molecule is CC(C)(C(=O)O)N(C(=O)OCc1ccccc1)C1CCCCC1.COC(=O)C(C)(C)N(C(=O)OCc1ccccc1)C1CCCCC1.COC(=O)CBr.COC(=O)CN(C(=O)OCc1ccccc1)C1CCCCC1.O=C(NC1CCCCC1)OCc1ccccc1.[Li+].[OH-]. The number of benzene rings is 4. The summed E-state index contributed by atoms with van der Waals surface area (Å²) in [5.41, 5.74) is 1.42. The number of methoxy groups -OCH3 is 3. The Kier molecular flexibility index (Phi) is 40.7. The van der Waals surface area contributed by atoms with E-state index in [4.69, 9.17) is 28.4 Å². The van der Waals surface area contributed by atoms with Crippen molar-refractivity contribution in [3.63, 3.8) is 0 Å². The number of esters is 3. The Morgan fingerprint density at radius 3 is 1.09 bits per heavy atom. The van der Waals surface area contributed by atoms with Gasteiger partial charge in [-0.25, -0.2) is 28.8 Å². The summed E-state index contributed by atoms with van der Waals surface area (Å²) in [4.78, 5) is 99.2. The van der Waals surface area contributed by atoms with E-state index in [1.54, 1.807) is 32.6 Å². The third kappa shape index (κ3) is 30.1. The van der Waals surface area contributed by atoms with Gasteiger partial charge in [0.25, 0.3) is 0 Å². The molecule has 23 heteroatoms. The Balaban J connectivity index is 0.000000413. The smallest absolute Gasteiger partial charge is 0.870 e. The Bertz CT molecular complexity index is 2790. The summed E-state index contributed by atoms with van der Waals surface area (Å²) in [6, 6.07) is 38.5. The number of amides is 4. The number of hydrogen-bond acceptors (Lipinski definition) is 16. The van der Waals surface area contributed by atoms with Gasteiger partial charge < -0.3 is 49.1 Å². The van der Waals surface area contributed by atoms with E-state index in [1.807, 2.05) is 121 Å². The van der Waals surface area contributed by atoms with E-state index in [9.17, 15) is 43.5 Å². The number of alkyl carbamates (subject to hydrolysis) is 1. The third-order valence-electron chi connectivity index (χ3n) is 16.6. The maximum Gasteiger partial charge on any atom is 1.00 e. The molecule has 0 heterocycles. The summed E-state index contributed by atoms with van der Waals surface area (Å²) in [5.74, 6) is -2.10. The Hall–Kier alpha value is -7.12. The van der Waals surface area contributed by atoms with Gasteiger partial charge in [-0.15, -0.1) is 0 Å². The zero-order valence-corrected chi connectivity index (χ0v) is 58.1. The summed E-state index contributed by atoms with van der Waals surface area (Å²) < 4.78 is 35.3. The maximum atomic E-state index is 12.8. The van der Waals surface area contributed by atoms with Gasteiger partial charge in [-0.1, -0.05) is 214 Å². The molecule has 4 fully saturated rings. The first kappa shape index (κ1) is 83.0. The fourth-order valence-electron chi connectivity index (χ4n) is 11.3. The number of carboxylic acid groups (broad SMARTS) is 1. The molecule has 4 amide bonds. The minimum Gasteiger partial charge on any atom is -0.870 e. The van der Waals surface area contributed by atoms with Crippen LogP contribution in [0.3, 0.4) is 0 Å². The number of nitrogens with one attached hydrogen (secondary N) is 1. The van der Waals surface area contributed by atoms with Crippen LogP contribution in [-0.2, 0) is 78.8 Å². The zero-order chi connectivity index (χ0) is 67.2. The van der Waals surface area contributed by atoms with Gasteiger partial charge in [0.1, 0.15) is 49.4 Å². The standard InChI is InChI=1S/C19H27NO4.C18H25NO4.C17H23NO4.C14H19NO2.C3H5BrO2.Li.H2O/c1-19(2,17(21)23-3)20(16-12-8-5-9-13-16)18(22)24-14-15-10-6-4-7-11-15;1-18(2,16(20)21)19(15-11-7-4-8-12-15)17(22)23-13-14-9-5-3-6-10-14;1-21-16(19)12-18(15-10-6-3-7-11-15)17(20)22-13-14-8-4-2-5-9-14;16-14(15-13-9-5-2-6-10-13)17-11-12-7-3-1-4-8-12;1-6-3(5)2-4;;/h4,6-7,10-11,16H,5,8-9,12-14H2,1-3H3;3,5-6,9-10,15H,4,7-8,11-13H2,1-2H3,(H,20,21);2,4-5,8-9,15H,3,6-7,10-13H2,1H3;1,3-4,7-8,13H,2,5-6,9-11H2,(H,15,16);2H2,1H3;;1H2/q;;;;;+1;/p-1. The number of ether oxygens (including phenoxy) is 7. The zero-order valence-electron chi connectivity index (χ0n) is 56.5. The molecule has 514 valence electrons. The van der Waals surface area contributed by atoms with E-state index in [2.05, 4.69) is 26.0 Å². The molecule has 0 atom stereocenters. The fraction of sp³-hybridized carbons (Fsp3) is 0.549. The number of carbonyl (C=O) groups is 8. The van der Waals surface area contributed by atoms with Crippen LogP contribution in [0.2, 0.25) is 0 Å². The number of halogens is 1. The molecule has 0 unspecified atom stereocenters. The van der Waals surface area contributed by atoms with E-state index in [0.29, 0.717) is 12.6 Å². The van der Waals surface area contributed by atoms with E-state index in [0.717, 1.165) is 119 Å². The molecule has 4 aromatic rings. The van der Waals surface area contributed by atoms with Gasteiger partial charge >= 0.3 is 67.1 Å². The second-order valence-electron chi connectivity index (χ2n) is 24.1. The predicted octanol–water partition coefficient (Wildman–Crippen LogP) is 11.5. The van der Waals surface area contributed by atoms with Crippen molar-refractivity contribution in [2.75, 3.05) is 33.2 Å². The number of carbonyl (C=O) groups excluding carboxylic acids is 7. The normalized spacial score (nSPS) is 14.9. The van der Waals surface area contributed by atoms with Crippen molar-refractivity contribution in [2.24, 2.45) is 0 Å². The molecule has 4 aromatic carbocycles. The van der Waals surface area contributed by atoms with Crippen molar-refractivity contribution in [3.05, 3.63) is 144 Å². The molecular formula is C71H100BrLiN4O17. The van der Waals surface area contributed by atoms with Crippen LogP contribution >= 0.6 is 15.9 Å². The van der Waals surface area contributed by atoms with Gasteiger partial charge in [-0.05, 0) is 101 Å². The molecular weight excluding hydrogens is 1270 g/mol. The number of alkyl halides is 1. The minimum absolute atomic E-state index is 0. The van der Waals surface area contributed by atoms with Gasteiger partial charge in [-0.2, -0.15) is 0 Å². The van der Waals surface area contributed by atoms with Crippen LogP contribution in [0, 0.1) is 0 Å². The van der Waals surface area contributed by atoms with Crippen LogP contribution in [0.1, 0.15) is 178 Å². The number of hydrogen-bond donors (Lipinski definition) is 2. The molecule has 0 bridgehead atoms. The Morgan fingerprint density at radius 1 is 0.447 bits per heavy atom. The van der Waals surface area contributed by atoms with Gasteiger partial charge in [-0.3, -0.25) is 24.3 Å². The molecule has 21 nitrogen and oxygen atoms in total. The van der Waals surface area contributed by atoms with Crippen LogP contribution in [0.25, 0.3) is 0 Å². The van der Waals surface area contributed by atoms with Crippen LogP contribution in [0.15, 0.2) is 121 Å². The van der Waals surface area contributed by atoms with Crippen LogP contribution in [0.4, 0.5) is 19.2 Å². The summed E-state index contributed by atoms with van der Waals surface area (Å²) in [7, 11) is 4.03. The third-order valence-corrected chi connectivity index (χ3v) is 17.0. The van der Waals surface area contributed by atoms with E-state index in [-0.39, 0.29) is 86.2 Å². The topological polar surface area (TPSA) is 273 Å². The fourth-order valence-corrected chi connectivity index (χ4v) is 11.6. The molecule has 0 radical (unpaired) electrons. The maximum absolute atomic E-state index is 12.8. The van der Waals surface area contributed by atoms with Crippen molar-refractivity contribution in [1.29, 1.82) is 0 Å². The molecule has 8 rings (SSSR count). The number of aliphatic carboxylic acids is 1. The van der Waals surface area contributed by atoms with Gasteiger partial charge in [0, 0.05) is 24.2 Å². The summed E-state index contributed by atoms with van der Waals surface area (Å²) in [6.07, 6.45) is 19.2. The second-order valence-corrected chi connectivity index (χ2v) is 24.7. The van der Waals surface area contributed by atoms with E-state index >= 15 is 0 Å². The molecule has 3 N–H and O–H groups in total. The van der Waals surface area contributed by atoms with Gasteiger partial charge in [0.2, 0.25) is 0 Å². The van der Waals surface area contributed by atoms with Crippen LogP contribution in [-0.4, -0.2) is 142 Å². The van der Waals surface area contributed by atoms with Crippen molar-refractivity contribution in [1.82, 2.24) is 20.0 Å². The number of nitrogens with zero attached hydrogens (tertiary/aromatic N) is 3. The number of rotatable bonds is 19. The van der Waals surface area contributed by atoms with Crippen molar-refractivity contribution in [3.8, 4) is 0 Å². The molecule has 4 saturated carbocycles. The largest absolute Gasteiger partial charge is 1.00 e. The van der Waals surface area contributed by atoms with Gasteiger partial charge in [0.05, 0.1) is 21.3 Å². The summed E-state index contributed by atoms with van der Waals surface area (Å²) in [5, 5.41) is 12.7. The predicted molar refractivity (Wildman–Crippen MR) is 355 cm³/mol. The molecule has 0 spiro atoms. The quantitative estimate of drug-likeness (QED) is 0.0382. The summed E-state index contributed by atoms with van der Waals surface area (Å²) in [6.45, 7) is 7.42. The molecule has 4 aliphatic rings. The average Bonchev–Trinajstić information content (AvgIpc) is 0.814. The van der Waals surface area contributed by atoms with E-state index < -0.39 is 47.3 Å². The first-order valence-corrected chi connectivity index (χ1v) is 33.3. The molecule has 0 saturated heterocycles. The molecule has 4 aliphatic carbocycles. The number of carboxylic acids is 1. The monoisotopic (exact) mass is 1370 g/mol. The minimum atomic E-state index is -1.28. The van der Waals surface area contributed by atoms with Crippen LogP contribution in [0.5, 0.6) is 0 Å². The van der Waals surface area contributed by atoms with Crippen LogP contribution < -0.4 is 24.2 Å². The van der Waals surface area contributed by atoms with E-state index in [1.165, 1.54) is 63.2 Å². The molecule has 0 aliphatic heterocycles. The molecule has 94 heavy (non-hydrogen) atoms. The van der Waals surface area contributed by atoms with Crippen molar-refractivity contribution >= 4 is 64.2 Å². The van der Waals surface area contributed by atoms with Gasteiger partial charge in [0.15, 0.2) is 0 Å². The molecule has 0 aromatic heterocycles.